The van der Waals surface area contributed by atoms with Crippen molar-refractivity contribution in [2.24, 2.45) is 0 Å². The highest BCUT2D eigenvalue weighted by Gasteiger charge is 2.34. The van der Waals surface area contributed by atoms with Gasteiger partial charge in [-0.2, -0.15) is 0 Å². The Morgan fingerprint density at radius 1 is 1.03 bits per heavy atom. The van der Waals surface area contributed by atoms with Crippen LogP contribution in [0.15, 0.2) is 12.1 Å². The molecule has 2 unspecified atom stereocenters. The van der Waals surface area contributed by atoms with Crippen molar-refractivity contribution in [3.05, 3.63) is 46.8 Å². The number of amides is 1. The molecular weight excluding hydrogens is 451 g/mol. The van der Waals surface area contributed by atoms with Crippen molar-refractivity contribution in [3.63, 3.8) is 0 Å². The zero-order valence-corrected chi connectivity index (χ0v) is 16.2. The first-order chi connectivity index (χ1) is 14.8. The van der Waals surface area contributed by atoms with Crippen molar-refractivity contribution in [1.82, 2.24) is 10.0 Å². The minimum Gasteiger partial charge on any atom is -0.492 e. The first kappa shape index (κ1) is 24.9. The van der Waals surface area contributed by atoms with Crippen LogP contribution in [-0.2, 0) is 4.79 Å². The van der Waals surface area contributed by atoms with E-state index in [2.05, 4.69) is 4.84 Å². The summed E-state index contributed by atoms with van der Waals surface area (Å²) in [5, 5.41) is 40.9. The first-order valence-electron chi connectivity index (χ1n) is 8.78. The molecule has 0 radical (unpaired) electrons. The van der Waals surface area contributed by atoms with Crippen LogP contribution >= 0.6 is 0 Å². The Bertz CT molecular complexity index is 993. The summed E-state index contributed by atoms with van der Waals surface area (Å²) < 4.78 is 67.0. The zero-order valence-electron chi connectivity index (χ0n) is 16.2. The molecule has 0 aliphatic rings. The van der Waals surface area contributed by atoms with Crippen molar-refractivity contribution in [2.75, 3.05) is 6.54 Å². The number of halogens is 5. The summed E-state index contributed by atoms with van der Waals surface area (Å²) >= 11 is 0. The normalized spacial score (nSPS) is 14.0. The second kappa shape index (κ2) is 9.40. The van der Waals surface area contributed by atoms with Crippen LogP contribution in [0, 0.1) is 29.1 Å². The lowest BCUT2D eigenvalue weighted by molar-refractivity contribution is -0.153. The molecule has 14 heteroatoms. The molecule has 0 aliphatic carbocycles. The molecule has 0 spiro atoms. The number of aromatic hydroxyl groups is 2. The number of aliphatic hydroxyl groups is 2. The van der Waals surface area contributed by atoms with Crippen LogP contribution in [0.25, 0.3) is 0 Å². The van der Waals surface area contributed by atoms with Crippen LogP contribution in [0.4, 0.5) is 22.0 Å². The van der Waals surface area contributed by atoms with E-state index in [0.717, 1.165) is 19.1 Å². The molecule has 1 aromatic heterocycles. The maximum absolute atomic E-state index is 13.6. The van der Waals surface area contributed by atoms with Gasteiger partial charge in [0.2, 0.25) is 17.6 Å². The average molecular weight is 468 g/mol. The molecule has 176 valence electrons. The molecular formula is C18H17F5N2O7. The Labute approximate surface area is 176 Å². The minimum absolute atomic E-state index is 0.341. The molecule has 0 fully saturated rings. The predicted octanol–water partition coefficient (Wildman–Crippen LogP) is 0.872. The van der Waals surface area contributed by atoms with E-state index in [1.54, 1.807) is 0 Å². The Hall–Kier alpha value is -3.39. The monoisotopic (exact) mass is 468 g/mol. The van der Waals surface area contributed by atoms with Gasteiger partial charge >= 0.3 is 5.97 Å². The first-order valence-corrected chi connectivity index (χ1v) is 8.78. The van der Waals surface area contributed by atoms with Gasteiger partial charge in [0, 0.05) is 18.7 Å². The number of aromatic nitrogens is 1. The lowest BCUT2D eigenvalue weighted by Gasteiger charge is -2.28. The SMILES string of the molecule is CC(O)(CCNC(=O)c1c(F)c(F)c(F)c(F)c1F)C(O)CC(=O)On1c(O)ccc1O. The van der Waals surface area contributed by atoms with Crippen molar-refractivity contribution in [1.29, 1.82) is 0 Å². The molecule has 5 N–H and O–H groups in total. The van der Waals surface area contributed by atoms with Gasteiger partial charge in [0.15, 0.2) is 23.3 Å². The van der Waals surface area contributed by atoms with Gasteiger partial charge in [0.05, 0.1) is 18.1 Å². The molecule has 0 saturated heterocycles. The second-order valence-corrected chi connectivity index (χ2v) is 6.84. The highest BCUT2D eigenvalue weighted by atomic mass is 19.2. The van der Waals surface area contributed by atoms with Crippen LogP contribution in [0.1, 0.15) is 30.1 Å². The fourth-order valence-corrected chi connectivity index (χ4v) is 2.50. The van der Waals surface area contributed by atoms with Crippen LogP contribution in [-0.4, -0.2) is 55.3 Å². The summed E-state index contributed by atoms with van der Waals surface area (Å²) in [5.74, 6) is -15.9. The van der Waals surface area contributed by atoms with Gasteiger partial charge in [0.25, 0.3) is 5.91 Å². The van der Waals surface area contributed by atoms with E-state index in [1.165, 1.54) is 0 Å². The van der Waals surface area contributed by atoms with Crippen molar-refractivity contribution in [2.45, 2.75) is 31.5 Å². The zero-order chi connectivity index (χ0) is 24.4. The Morgan fingerprint density at radius 3 is 2.00 bits per heavy atom. The van der Waals surface area contributed by atoms with E-state index >= 15 is 0 Å². The van der Waals surface area contributed by atoms with Gasteiger partial charge in [-0.3, -0.25) is 4.79 Å². The van der Waals surface area contributed by atoms with E-state index < -0.39 is 89.4 Å². The summed E-state index contributed by atoms with van der Waals surface area (Å²) in [7, 11) is 0. The number of benzene rings is 1. The summed E-state index contributed by atoms with van der Waals surface area (Å²) in [6, 6.07) is 2.00. The lowest BCUT2D eigenvalue weighted by Crippen LogP contribution is -2.44. The second-order valence-electron chi connectivity index (χ2n) is 6.84. The molecule has 9 nitrogen and oxygen atoms in total. The highest BCUT2D eigenvalue weighted by Crippen LogP contribution is 2.24. The number of rotatable bonds is 8. The van der Waals surface area contributed by atoms with Crippen LogP contribution < -0.4 is 10.2 Å². The fraction of sp³-hybridized carbons (Fsp3) is 0.333. The highest BCUT2D eigenvalue weighted by molar-refractivity contribution is 5.94. The molecule has 1 amide bonds. The van der Waals surface area contributed by atoms with Crippen LogP contribution in [0.3, 0.4) is 0 Å². The van der Waals surface area contributed by atoms with Crippen LogP contribution in [0.5, 0.6) is 11.8 Å². The van der Waals surface area contributed by atoms with Gasteiger partial charge in [-0.15, -0.1) is 4.73 Å². The average Bonchev–Trinajstić information content (AvgIpc) is 3.02. The van der Waals surface area contributed by atoms with Crippen molar-refractivity contribution >= 4 is 11.9 Å². The number of aliphatic hydroxyl groups excluding tert-OH is 1. The Morgan fingerprint density at radius 2 is 1.50 bits per heavy atom. The Kier molecular flexibility index (Phi) is 7.31. The van der Waals surface area contributed by atoms with E-state index in [0.29, 0.717) is 4.73 Å². The summed E-state index contributed by atoms with van der Waals surface area (Å²) in [6.07, 6.45) is -3.20. The summed E-state index contributed by atoms with van der Waals surface area (Å²) in [5.41, 5.74) is -3.82. The fourth-order valence-electron chi connectivity index (χ4n) is 2.50. The third kappa shape index (κ3) is 5.08. The van der Waals surface area contributed by atoms with E-state index in [1.807, 2.05) is 5.32 Å². The van der Waals surface area contributed by atoms with E-state index in [-0.39, 0.29) is 0 Å². The molecule has 2 rings (SSSR count). The van der Waals surface area contributed by atoms with Crippen LogP contribution in [0.2, 0.25) is 0 Å². The molecule has 1 heterocycles. The number of nitrogens with zero attached hydrogens (tertiary/aromatic N) is 1. The molecule has 0 aliphatic heterocycles. The summed E-state index contributed by atoms with van der Waals surface area (Å²) in [4.78, 5) is 28.3. The largest absolute Gasteiger partial charge is 0.492 e. The van der Waals surface area contributed by atoms with Gasteiger partial charge < -0.3 is 30.6 Å². The lowest BCUT2D eigenvalue weighted by atomic mass is 9.93. The van der Waals surface area contributed by atoms with Crippen molar-refractivity contribution < 1.29 is 56.8 Å². The van der Waals surface area contributed by atoms with E-state index in [9.17, 15) is 52.0 Å². The minimum atomic E-state index is -2.43. The molecule has 32 heavy (non-hydrogen) atoms. The summed E-state index contributed by atoms with van der Waals surface area (Å²) in [6.45, 7) is 0.427. The standard InChI is InChI=1S/C18H17F5N2O7/c1-18(31,7(26)6-10(29)32-25-8(27)2-3-9(25)28)4-5-24-17(30)11-12(19)14(21)16(23)15(22)13(11)20/h2-3,7,26-28,31H,4-6H2,1H3,(H,24,30). The molecule has 1 aromatic carbocycles. The molecule has 0 bridgehead atoms. The Balaban J connectivity index is 1.97. The van der Waals surface area contributed by atoms with Gasteiger partial charge in [-0.05, 0) is 13.3 Å². The molecule has 2 atom stereocenters. The maximum atomic E-state index is 13.6. The van der Waals surface area contributed by atoms with Gasteiger partial charge in [-0.25, -0.2) is 26.7 Å². The number of carbonyl (C=O) groups is 2. The number of hydrogen-bond acceptors (Lipinski definition) is 7. The van der Waals surface area contributed by atoms with Crippen molar-refractivity contribution in [3.8, 4) is 11.8 Å². The van der Waals surface area contributed by atoms with Gasteiger partial charge in [0.1, 0.15) is 5.56 Å². The number of nitrogens with one attached hydrogen (secondary N) is 1. The van der Waals surface area contributed by atoms with Gasteiger partial charge in [-0.1, -0.05) is 0 Å². The topological polar surface area (TPSA) is 141 Å². The number of carbonyl (C=O) groups excluding carboxylic acids is 2. The third-order valence-electron chi connectivity index (χ3n) is 4.42. The predicted molar refractivity (Wildman–Crippen MR) is 93.8 cm³/mol. The maximum Gasteiger partial charge on any atom is 0.335 e. The molecule has 2 aromatic rings. The number of hydrogen-bond donors (Lipinski definition) is 5. The third-order valence-corrected chi connectivity index (χ3v) is 4.42. The van der Waals surface area contributed by atoms with E-state index in [4.69, 9.17) is 0 Å². The quantitative estimate of drug-likeness (QED) is 0.220. The smallest absolute Gasteiger partial charge is 0.335 e. The molecule has 0 saturated carbocycles.